The van der Waals surface area contributed by atoms with Crippen LogP contribution in [-0.2, 0) is 4.79 Å². The number of likely N-dealkylation sites (tertiary alicyclic amines) is 1. The zero-order valence-corrected chi connectivity index (χ0v) is 18.1. The van der Waals surface area contributed by atoms with Crippen LogP contribution in [0.25, 0.3) is 0 Å². The van der Waals surface area contributed by atoms with Gasteiger partial charge in [-0.25, -0.2) is 4.79 Å². The Labute approximate surface area is 181 Å². The maximum absolute atomic E-state index is 13.0. The molecule has 0 unspecified atom stereocenters. The first-order valence-corrected chi connectivity index (χ1v) is 11.3. The van der Waals surface area contributed by atoms with E-state index in [-0.39, 0.29) is 17.9 Å². The fourth-order valence-electron chi connectivity index (χ4n) is 4.11. The maximum atomic E-state index is 13.0. The Kier molecular flexibility index (Phi) is 6.42. The highest BCUT2D eigenvalue weighted by Gasteiger charge is 2.31. The van der Waals surface area contributed by atoms with Crippen LogP contribution in [0.1, 0.15) is 12.8 Å². The lowest BCUT2D eigenvalue weighted by atomic mass is 9.95. The van der Waals surface area contributed by atoms with Gasteiger partial charge in [0.2, 0.25) is 5.91 Å². The number of thiophene rings is 1. The largest absolute Gasteiger partial charge is 0.497 e. The van der Waals surface area contributed by atoms with Crippen molar-refractivity contribution in [3.8, 4) is 5.75 Å². The van der Waals surface area contributed by atoms with Gasteiger partial charge >= 0.3 is 6.03 Å². The third kappa shape index (κ3) is 4.70. The molecule has 0 aliphatic carbocycles. The van der Waals surface area contributed by atoms with E-state index in [1.165, 1.54) is 11.3 Å². The van der Waals surface area contributed by atoms with Crippen LogP contribution in [0.3, 0.4) is 0 Å². The number of benzene rings is 1. The monoisotopic (exact) mass is 428 g/mol. The molecule has 2 aliphatic heterocycles. The van der Waals surface area contributed by atoms with Crippen molar-refractivity contribution in [2.45, 2.75) is 12.8 Å². The summed E-state index contributed by atoms with van der Waals surface area (Å²) in [7, 11) is 1.67. The minimum Gasteiger partial charge on any atom is -0.497 e. The van der Waals surface area contributed by atoms with Crippen LogP contribution in [0.15, 0.2) is 41.8 Å². The Morgan fingerprint density at radius 3 is 2.43 bits per heavy atom. The molecule has 1 aromatic carbocycles. The van der Waals surface area contributed by atoms with Crippen LogP contribution < -0.4 is 15.0 Å². The van der Waals surface area contributed by atoms with E-state index in [4.69, 9.17) is 4.74 Å². The van der Waals surface area contributed by atoms with Crippen molar-refractivity contribution in [2.75, 3.05) is 56.6 Å². The second-order valence-corrected chi connectivity index (χ2v) is 8.63. The number of nitrogens with zero attached hydrogens (tertiary/aromatic N) is 3. The van der Waals surface area contributed by atoms with Crippen LogP contribution in [-0.4, -0.2) is 68.1 Å². The van der Waals surface area contributed by atoms with Gasteiger partial charge in [-0.05, 0) is 42.5 Å². The molecular weight excluding hydrogens is 400 g/mol. The lowest BCUT2D eigenvalue weighted by molar-refractivity contribution is -0.137. The third-order valence-electron chi connectivity index (χ3n) is 5.89. The average molecular weight is 429 g/mol. The number of piperidine rings is 1. The average Bonchev–Trinajstić information content (AvgIpc) is 3.32. The number of nitrogens with one attached hydrogen (secondary N) is 1. The summed E-state index contributed by atoms with van der Waals surface area (Å²) in [5.74, 6) is 1.10. The Balaban J connectivity index is 1.24. The molecule has 8 heteroatoms. The molecule has 7 nitrogen and oxygen atoms in total. The van der Waals surface area contributed by atoms with Crippen molar-refractivity contribution >= 4 is 34.0 Å². The smallest absolute Gasteiger partial charge is 0.322 e. The van der Waals surface area contributed by atoms with Crippen molar-refractivity contribution in [3.63, 3.8) is 0 Å². The highest BCUT2D eigenvalue weighted by molar-refractivity contribution is 7.14. The number of carbonyl (C=O) groups excluding carboxylic acids is 2. The second kappa shape index (κ2) is 9.38. The predicted molar refractivity (Wildman–Crippen MR) is 119 cm³/mol. The highest BCUT2D eigenvalue weighted by atomic mass is 32.1. The molecule has 2 aromatic rings. The summed E-state index contributed by atoms with van der Waals surface area (Å²) < 4.78 is 5.32. The van der Waals surface area contributed by atoms with Gasteiger partial charge in [0.1, 0.15) is 5.75 Å². The van der Waals surface area contributed by atoms with Crippen molar-refractivity contribution < 1.29 is 14.3 Å². The van der Waals surface area contributed by atoms with Crippen molar-refractivity contribution in [1.82, 2.24) is 9.80 Å². The van der Waals surface area contributed by atoms with Gasteiger partial charge in [-0.3, -0.25) is 10.1 Å². The Hall–Kier alpha value is -2.74. The molecule has 0 saturated carbocycles. The quantitative estimate of drug-likeness (QED) is 0.811. The van der Waals surface area contributed by atoms with Crippen LogP contribution in [0.2, 0.25) is 0 Å². The molecule has 3 heterocycles. The summed E-state index contributed by atoms with van der Waals surface area (Å²) >= 11 is 1.51. The number of ether oxygens (including phenoxy) is 1. The molecule has 160 valence electrons. The summed E-state index contributed by atoms with van der Waals surface area (Å²) in [6.07, 6.45) is 1.46. The van der Waals surface area contributed by atoms with E-state index in [2.05, 4.69) is 16.3 Å². The van der Waals surface area contributed by atoms with Gasteiger partial charge in [-0.2, -0.15) is 0 Å². The van der Waals surface area contributed by atoms with Crippen LogP contribution in [0, 0.1) is 5.92 Å². The SMILES string of the molecule is COc1cccc(N2CCN(C(=O)C3CCN(C(=O)Nc4cccs4)CC3)CC2)c1. The van der Waals surface area contributed by atoms with E-state index in [9.17, 15) is 9.59 Å². The molecule has 0 bridgehead atoms. The van der Waals surface area contributed by atoms with E-state index in [1.54, 1.807) is 7.11 Å². The Morgan fingerprint density at radius 2 is 1.77 bits per heavy atom. The van der Waals surface area contributed by atoms with E-state index >= 15 is 0 Å². The second-order valence-electron chi connectivity index (χ2n) is 7.68. The lowest BCUT2D eigenvalue weighted by Crippen LogP contribution is -2.52. The van der Waals surface area contributed by atoms with Gasteiger partial charge < -0.3 is 19.4 Å². The van der Waals surface area contributed by atoms with Crippen LogP contribution in [0.5, 0.6) is 5.75 Å². The highest BCUT2D eigenvalue weighted by Crippen LogP contribution is 2.25. The molecule has 0 atom stereocenters. The van der Waals surface area contributed by atoms with Crippen LogP contribution in [0.4, 0.5) is 15.5 Å². The minimum atomic E-state index is -0.0738. The lowest BCUT2D eigenvalue weighted by Gasteiger charge is -2.39. The number of hydrogen-bond acceptors (Lipinski definition) is 5. The number of piperazine rings is 1. The first kappa shape index (κ1) is 20.5. The number of amides is 3. The third-order valence-corrected chi connectivity index (χ3v) is 6.68. The van der Waals surface area contributed by atoms with E-state index < -0.39 is 0 Å². The Bertz CT molecular complexity index is 857. The molecule has 2 fully saturated rings. The van der Waals surface area contributed by atoms with E-state index in [1.807, 2.05) is 45.5 Å². The van der Waals surface area contributed by atoms with Crippen molar-refractivity contribution in [2.24, 2.45) is 5.92 Å². The van der Waals surface area contributed by atoms with Gasteiger partial charge in [-0.15, -0.1) is 11.3 Å². The van der Waals surface area contributed by atoms with Crippen molar-refractivity contribution in [3.05, 3.63) is 41.8 Å². The first-order valence-electron chi connectivity index (χ1n) is 10.4. The van der Waals surface area contributed by atoms with Gasteiger partial charge in [-0.1, -0.05) is 6.07 Å². The number of methoxy groups -OCH3 is 1. The van der Waals surface area contributed by atoms with Gasteiger partial charge in [0.25, 0.3) is 0 Å². The minimum absolute atomic E-state index is 0.0131. The standard InChI is InChI=1S/C22H28N4O3S/c1-29-19-5-2-4-18(16-19)24-11-13-25(14-12-24)21(27)17-7-9-26(10-8-17)22(28)23-20-6-3-15-30-20/h2-6,15-17H,7-14H2,1H3,(H,23,28). The molecular formula is C22H28N4O3S. The zero-order valence-electron chi connectivity index (χ0n) is 17.3. The molecule has 1 aromatic heterocycles. The van der Waals surface area contributed by atoms with Crippen molar-refractivity contribution in [1.29, 1.82) is 0 Å². The number of rotatable bonds is 4. The van der Waals surface area contributed by atoms with Gasteiger partial charge in [0.15, 0.2) is 0 Å². The number of anilines is 2. The topological polar surface area (TPSA) is 65.1 Å². The molecule has 0 spiro atoms. The summed E-state index contributed by atoms with van der Waals surface area (Å²) in [6.45, 7) is 4.35. The first-order chi connectivity index (χ1) is 14.6. The molecule has 4 rings (SSSR count). The fourth-order valence-corrected chi connectivity index (χ4v) is 4.72. The normalized spacial score (nSPS) is 17.7. The molecule has 2 saturated heterocycles. The summed E-state index contributed by atoms with van der Waals surface area (Å²) in [6, 6.07) is 11.8. The van der Waals surface area contributed by atoms with Gasteiger partial charge in [0.05, 0.1) is 12.1 Å². The predicted octanol–water partition coefficient (Wildman–Crippen LogP) is 3.35. The van der Waals surface area contributed by atoms with E-state index in [0.717, 1.165) is 55.5 Å². The fraction of sp³-hybridized carbons (Fsp3) is 0.455. The van der Waals surface area contributed by atoms with Gasteiger partial charge in [0, 0.05) is 56.9 Å². The summed E-state index contributed by atoms with van der Waals surface area (Å²) in [4.78, 5) is 31.5. The van der Waals surface area contributed by atoms with E-state index in [0.29, 0.717) is 13.1 Å². The Morgan fingerprint density at radius 1 is 1.00 bits per heavy atom. The number of hydrogen-bond donors (Lipinski definition) is 1. The molecule has 0 radical (unpaired) electrons. The maximum Gasteiger partial charge on any atom is 0.322 e. The number of carbonyl (C=O) groups is 2. The summed E-state index contributed by atoms with van der Waals surface area (Å²) in [5.41, 5.74) is 1.13. The molecule has 30 heavy (non-hydrogen) atoms. The molecule has 2 aliphatic rings. The van der Waals surface area contributed by atoms with Crippen LogP contribution >= 0.6 is 11.3 Å². The zero-order chi connectivity index (χ0) is 20.9. The number of urea groups is 1. The summed E-state index contributed by atoms with van der Waals surface area (Å²) in [5, 5.41) is 5.72. The molecule has 1 N–H and O–H groups in total. The molecule has 3 amide bonds.